The molecule has 0 aliphatic carbocycles. The summed E-state index contributed by atoms with van der Waals surface area (Å²) in [5, 5.41) is 20.8. The van der Waals surface area contributed by atoms with Crippen LogP contribution in [-0.2, 0) is 6.61 Å². The topological polar surface area (TPSA) is 75.8 Å². The molecule has 24 heavy (non-hydrogen) atoms. The number of non-ortho nitro benzene ring substituents is 1. The molecule has 0 spiro atoms. The number of hydrogen-bond donors (Lipinski definition) is 1. The maximum absolute atomic E-state index is 13.2. The lowest BCUT2D eigenvalue weighted by molar-refractivity contribution is -0.385. The van der Waals surface area contributed by atoms with Gasteiger partial charge in [0.15, 0.2) is 5.75 Å². The van der Waals surface area contributed by atoms with E-state index in [1.54, 1.807) is 12.1 Å². The van der Waals surface area contributed by atoms with Crippen molar-refractivity contribution < 1.29 is 19.2 Å². The molecule has 0 unspecified atom stereocenters. The van der Waals surface area contributed by atoms with E-state index in [-0.39, 0.29) is 18.1 Å². The van der Waals surface area contributed by atoms with E-state index < -0.39 is 10.5 Å². The third kappa shape index (κ3) is 2.90. The summed E-state index contributed by atoms with van der Waals surface area (Å²) in [7, 11) is 0. The van der Waals surface area contributed by atoms with E-state index >= 15 is 0 Å². The minimum Gasteiger partial charge on any atom is -0.484 e. The molecule has 1 aliphatic rings. The van der Waals surface area contributed by atoms with Crippen LogP contribution >= 0.6 is 0 Å². The van der Waals surface area contributed by atoms with Crippen molar-refractivity contribution >= 4 is 17.1 Å². The molecule has 0 amide bonds. The summed E-state index contributed by atoms with van der Waals surface area (Å²) < 4.78 is 19.1. The molecule has 1 N–H and O–H groups in total. The third-order valence-corrected chi connectivity index (χ3v) is 3.85. The van der Waals surface area contributed by atoms with Gasteiger partial charge < -0.3 is 14.7 Å². The Morgan fingerprint density at radius 3 is 2.58 bits per heavy atom. The molecule has 2 aromatic carbocycles. The van der Waals surface area contributed by atoms with Crippen LogP contribution in [0.1, 0.15) is 19.4 Å². The Morgan fingerprint density at radius 1 is 1.33 bits per heavy atom. The first kappa shape index (κ1) is 16.2. The summed E-state index contributed by atoms with van der Waals surface area (Å²) in [6, 6.07) is 8.64. The first-order chi connectivity index (χ1) is 11.3. The van der Waals surface area contributed by atoms with Gasteiger partial charge in [0.25, 0.3) is 5.69 Å². The quantitative estimate of drug-likeness (QED) is 0.687. The lowest BCUT2D eigenvalue weighted by Crippen LogP contribution is -2.45. The Labute approximate surface area is 138 Å². The van der Waals surface area contributed by atoms with Crippen molar-refractivity contribution in [2.75, 3.05) is 11.4 Å². The van der Waals surface area contributed by atoms with Gasteiger partial charge in [-0.1, -0.05) is 0 Å². The number of nitro groups is 1. The van der Waals surface area contributed by atoms with Crippen molar-refractivity contribution in [1.29, 1.82) is 0 Å². The van der Waals surface area contributed by atoms with E-state index in [0.717, 1.165) is 5.69 Å². The van der Waals surface area contributed by atoms with Crippen LogP contribution in [0.4, 0.5) is 21.5 Å². The summed E-state index contributed by atoms with van der Waals surface area (Å²) in [5.74, 6) is -0.0219. The predicted octanol–water partition coefficient (Wildman–Crippen LogP) is 3.54. The second-order valence-electron chi connectivity index (χ2n) is 6.29. The number of hydrogen-bond acceptors (Lipinski definition) is 5. The molecule has 2 aromatic rings. The van der Waals surface area contributed by atoms with Gasteiger partial charge in [-0.25, -0.2) is 4.39 Å². The number of nitrogens with zero attached hydrogens (tertiary/aromatic N) is 2. The summed E-state index contributed by atoms with van der Waals surface area (Å²) >= 11 is 0. The van der Waals surface area contributed by atoms with Crippen LogP contribution in [0.15, 0.2) is 36.4 Å². The average molecular weight is 332 g/mol. The SMILES string of the molecule is CC1(C)CN(c2ccc(F)cc2)c2c(CO)cc([N+](=O)[O-])cc2O1. The summed E-state index contributed by atoms with van der Waals surface area (Å²) in [6.07, 6.45) is 0. The first-order valence-corrected chi connectivity index (χ1v) is 7.45. The zero-order valence-electron chi connectivity index (χ0n) is 13.3. The zero-order valence-corrected chi connectivity index (χ0v) is 13.3. The second kappa shape index (κ2) is 5.76. The molecule has 0 saturated heterocycles. The van der Waals surface area contributed by atoms with Gasteiger partial charge in [0.05, 0.1) is 29.8 Å². The van der Waals surface area contributed by atoms with Gasteiger partial charge in [0.1, 0.15) is 11.4 Å². The molecule has 0 saturated carbocycles. The normalized spacial score (nSPS) is 15.6. The monoisotopic (exact) mass is 332 g/mol. The number of nitro benzene ring substituents is 1. The molecule has 0 bridgehead atoms. The van der Waals surface area contributed by atoms with Crippen LogP contribution in [0.2, 0.25) is 0 Å². The number of benzene rings is 2. The van der Waals surface area contributed by atoms with Gasteiger partial charge in [-0.05, 0) is 38.1 Å². The molecule has 0 atom stereocenters. The fraction of sp³-hybridized carbons (Fsp3) is 0.294. The molecule has 3 rings (SSSR count). The van der Waals surface area contributed by atoms with Gasteiger partial charge >= 0.3 is 0 Å². The minimum absolute atomic E-state index is 0.144. The smallest absolute Gasteiger partial charge is 0.273 e. The van der Waals surface area contributed by atoms with E-state index in [2.05, 4.69) is 0 Å². The number of aliphatic hydroxyl groups is 1. The molecule has 0 fully saturated rings. The van der Waals surface area contributed by atoms with Crippen LogP contribution in [0.25, 0.3) is 0 Å². The fourth-order valence-corrected chi connectivity index (χ4v) is 2.89. The van der Waals surface area contributed by atoms with E-state index in [9.17, 15) is 19.6 Å². The molecule has 7 heteroatoms. The number of aliphatic hydroxyl groups excluding tert-OH is 1. The van der Waals surface area contributed by atoms with Crippen molar-refractivity contribution in [3.63, 3.8) is 0 Å². The molecule has 1 aliphatic heterocycles. The molecule has 1 heterocycles. The van der Waals surface area contributed by atoms with E-state index in [0.29, 0.717) is 23.5 Å². The van der Waals surface area contributed by atoms with Gasteiger partial charge in [0, 0.05) is 17.3 Å². The highest BCUT2D eigenvalue weighted by Gasteiger charge is 2.35. The number of rotatable bonds is 3. The second-order valence-corrected chi connectivity index (χ2v) is 6.29. The standard InChI is InChI=1S/C17H17FN2O4/c1-17(2)10-19(13-5-3-12(18)4-6-13)16-11(9-21)7-14(20(22)23)8-15(16)24-17/h3-8,21H,9-10H2,1-2H3. The van der Waals surface area contributed by atoms with Crippen molar-refractivity contribution in [3.05, 3.63) is 57.9 Å². The van der Waals surface area contributed by atoms with Crippen LogP contribution in [0.3, 0.4) is 0 Å². The Balaban J connectivity index is 2.20. The number of halogens is 1. The number of ether oxygens (including phenoxy) is 1. The number of fused-ring (bicyclic) bond motifs is 1. The van der Waals surface area contributed by atoms with Gasteiger partial charge in [-0.15, -0.1) is 0 Å². The maximum atomic E-state index is 13.2. The Kier molecular flexibility index (Phi) is 3.88. The van der Waals surface area contributed by atoms with Crippen LogP contribution < -0.4 is 9.64 Å². The highest BCUT2D eigenvalue weighted by molar-refractivity contribution is 5.76. The minimum atomic E-state index is -0.608. The molecule has 0 radical (unpaired) electrons. The predicted molar refractivity (Wildman–Crippen MR) is 87.1 cm³/mol. The molecule has 126 valence electrons. The maximum Gasteiger partial charge on any atom is 0.273 e. The Hall–Kier alpha value is -2.67. The Morgan fingerprint density at radius 2 is 2.00 bits per heavy atom. The third-order valence-electron chi connectivity index (χ3n) is 3.85. The van der Waals surface area contributed by atoms with Crippen LogP contribution in [0, 0.1) is 15.9 Å². The van der Waals surface area contributed by atoms with E-state index in [4.69, 9.17) is 4.74 Å². The van der Waals surface area contributed by atoms with Crippen molar-refractivity contribution in [2.45, 2.75) is 26.1 Å². The molecule has 6 nitrogen and oxygen atoms in total. The Bertz CT molecular complexity index is 790. The van der Waals surface area contributed by atoms with Gasteiger partial charge in [-0.3, -0.25) is 10.1 Å². The fourth-order valence-electron chi connectivity index (χ4n) is 2.89. The zero-order chi connectivity index (χ0) is 17.5. The van der Waals surface area contributed by atoms with Gasteiger partial charge in [-0.2, -0.15) is 0 Å². The van der Waals surface area contributed by atoms with Crippen molar-refractivity contribution in [2.24, 2.45) is 0 Å². The largest absolute Gasteiger partial charge is 0.484 e. The summed E-state index contributed by atoms with van der Waals surface area (Å²) in [6.45, 7) is 3.82. The lowest BCUT2D eigenvalue weighted by Gasteiger charge is -2.41. The highest BCUT2D eigenvalue weighted by atomic mass is 19.1. The highest BCUT2D eigenvalue weighted by Crippen LogP contribution is 2.45. The van der Waals surface area contributed by atoms with Crippen molar-refractivity contribution in [3.8, 4) is 5.75 Å². The number of anilines is 2. The van der Waals surface area contributed by atoms with Gasteiger partial charge in [0.2, 0.25) is 0 Å². The van der Waals surface area contributed by atoms with Crippen LogP contribution in [-0.4, -0.2) is 22.2 Å². The first-order valence-electron chi connectivity index (χ1n) is 7.45. The summed E-state index contributed by atoms with van der Waals surface area (Å²) in [5.41, 5.74) is 0.920. The molecule has 0 aromatic heterocycles. The molecular formula is C17H17FN2O4. The summed E-state index contributed by atoms with van der Waals surface area (Å²) in [4.78, 5) is 12.5. The molecular weight excluding hydrogens is 315 g/mol. The van der Waals surface area contributed by atoms with E-state index in [1.165, 1.54) is 24.3 Å². The average Bonchev–Trinajstić information content (AvgIpc) is 2.52. The van der Waals surface area contributed by atoms with Crippen molar-refractivity contribution in [1.82, 2.24) is 0 Å². The van der Waals surface area contributed by atoms with Crippen LogP contribution in [0.5, 0.6) is 5.75 Å². The van der Waals surface area contributed by atoms with E-state index in [1.807, 2.05) is 18.7 Å². The lowest BCUT2D eigenvalue weighted by atomic mass is 10.0.